The Morgan fingerprint density at radius 1 is 1.26 bits per heavy atom. The molecule has 1 aromatic heterocycles. The third-order valence-corrected chi connectivity index (χ3v) is 6.17. The van der Waals surface area contributed by atoms with Crippen LogP contribution in [0.3, 0.4) is 0 Å². The molecule has 0 bridgehead atoms. The number of halogens is 1. The number of hydrogen-bond acceptors (Lipinski definition) is 5. The third-order valence-electron chi connectivity index (χ3n) is 5.68. The lowest BCUT2D eigenvalue weighted by molar-refractivity contribution is -0.136. The highest BCUT2D eigenvalue weighted by atomic mass is 79.9. The van der Waals surface area contributed by atoms with Gasteiger partial charge >= 0.3 is 0 Å². The van der Waals surface area contributed by atoms with Gasteiger partial charge in [0.1, 0.15) is 0 Å². The number of carbonyl (C=O) groups excluding carboxylic acids is 1. The van der Waals surface area contributed by atoms with Crippen LogP contribution in [0, 0.1) is 12.8 Å². The van der Waals surface area contributed by atoms with E-state index in [1.807, 2.05) is 36.2 Å². The van der Waals surface area contributed by atoms with Crippen LogP contribution < -0.4 is 0 Å². The van der Waals surface area contributed by atoms with E-state index < -0.39 is 0 Å². The van der Waals surface area contributed by atoms with Crippen molar-refractivity contribution in [2.75, 3.05) is 20.1 Å². The molecule has 1 unspecified atom stereocenters. The number of nitrogens with zero attached hydrogens (tertiary/aromatic N) is 4. The number of likely N-dealkylation sites (tertiary alicyclic amines) is 1. The predicted octanol–water partition coefficient (Wildman–Crippen LogP) is 4.68. The average molecular weight is 483 g/mol. The summed E-state index contributed by atoms with van der Waals surface area (Å²) in [5.41, 5.74) is 3.29. The molecule has 6 nitrogen and oxygen atoms in total. The topological polar surface area (TPSA) is 62.5 Å². The SMILES string of the molecule is Cc1ccc(CN(C)C(=O)C2CCCN(Cc3nc(-c4cccc(Br)c4)no3)C2)cc1. The number of piperidine rings is 1. The Morgan fingerprint density at radius 3 is 2.84 bits per heavy atom. The molecule has 1 aliphatic rings. The molecule has 0 spiro atoms. The highest BCUT2D eigenvalue weighted by molar-refractivity contribution is 9.10. The number of amides is 1. The van der Waals surface area contributed by atoms with Crippen LogP contribution in [0.4, 0.5) is 0 Å². The molecule has 4 rings (SSSR count). The van der Waals surface area contributed by atoms with Crippen molar-refractivity contribution in [1.29, 1.82) is 0 Å². The van der Waals surface area contributed by atoms with Gasteiger partial charge in [-0.15, -0.1) is 0 Å². The highest BCUT2D eigenvalue weighted by Gasteiger charge is 2.29. The molecule has 1 amide bonds. The number of rotatable bonds is 6. The Bertz CT molecular complexity index is 1030. The van der Waals surface area contributed by atoms with Gasteiger partial charge in [0, 0.05) is 30.2 Å². The summed E-state index contributed by atoms with van der Waals surface area (Å²) < 4.78 is 6.46. The predicted molar refractivity (Wildman–Crippen MR) is 123 cm³/mol. The van der Waals surface area contributed by atoms with Gasteiger partial charge in [0.25, 0.3) is 0 Å². The molecule has 1 fully saturated rings. The zero-order valence-electron chi connectivity index (χ0n) is 17.9. The highest BCUT2D eigenvalue weighted by Crippen LogP contribution is 2.23. The third kappa shape index (κ3) is 5.60. The lowest BCUT2D eigenvalue weighted by Crippen LogP contribution is -2.43. The van der Waals surface area contributed by atoms with Crippen molar-refractivity contribution in [2.45, 2.75) is 32.9 Å². The zero-order chi connectivity index (χ0) is 21.8. The van der Waals surface area contributed by atoms with Crippen molar-refractivity contribution < 1.29 is 9.32 Å². The van der Waals surface area contributed by atoms with E-state index in [1.165, 1.54) is 5.56 Å². The van der Waals surface area contributed by atoms with E-state index in [4.69, 9.17) is 4.52 Å². The lowest BCUT2D eigenvalue weighted by atomic mass is 9.96. The molecule has 1 aliphatic heterocycles. The number of aromatic nitrogens is 2. The maximum absolute atomic E-state index is 13.0. The van der Waals surface area contributed by atoms with Crippen molar-refractivity contribution in [3.05, 3.63) is 70.0 Å². The van der Waals surface area contributed by atoms with E-state index in [9.17, 15) is 4.79 Å². The molecule has 1 atom stereocenters. The van der Waals surface area contributed by atoms with E-state index in [0.29, 0.717) is 31.3 Å². The molecule has 1 saturated heterocycles. The van der Waals surface area contributed by atoms with Crippen LogP contribution in [0.15, 0.2) is 57.5 Å². The van der Waals surface area contributed by atoms with E-state index in [0.717, 1.165) is 35.0 Å². The molecule has 2 aromatic carbocycles. The minimum absolute atomic E-state index is 0.00308. The maximum Gasteiger partial charge on any atom is 0.241 e. The first kappa shape index (κ1) is 21.7. The average Bonchev–Trinajstić information content (AvgIpc) is 3.23. The van der Waals surface area contributed by atoms with Gasteiger partial charge < -0.3 is 9.42 Å². The van der Waals surface area contributed by atoms with Crippen molar-refractivity contribution in [3.8, 4) is 11.4 Å². The molecule has 162 valence electrons. The van der Waals surface area contributed by atoms with Crippen LogP contribution in [0.1, 0.15) is 29.9 Å². The first-order valence-electron chi connectivity index (χ1n) is 10.6. The second kappa shape index (κ2) is 9.75. The minimum atomic E-state index is -0.00308. The summed E-state index contributed by atoms with van der Waals surface area (Å²) in [4.78, 5) is 21.7. The van der Waals surface area contributed by atoms with Crippen molar-refractivity contribution in [3.63, 3.8) is 0 Å². The second-order valence-corrected chi connectivity index (χ2v) is 9.19. The fourth-order valence-electron chi connectivity index (χ4n) is 4.01. The molecule has 2 heterocycles. The Kier molecular flexibility index (Phi) is 6.83. The number of benzene rings is 2. The Morgan fingerprint density at radius 2 is 2.06 bits per heavy atom. The second-order valence-electron chi connectivity index (χ2n) is 8.28. The van der Waals surface area contributed by atoms with Crippen molar-refractivity contribution >= 4 is 21.8 Å². The van der Waals surface area contributed by atoms with Gasteiger partial charge in [0.2, 0.25) is 17.6 Å². The van der Waals surface area contributed by atoms with Crippen LogP contribution in [0.25, 0.3) is 11.4 Å². The van der Waals surface area contributed by atoms with E-state index in [-0.39, 0.29) is 11.8 Å². The van der Waals surface area contributed by atoms with Crippen LogP contribution in [-0.4, -0.2) is 46.0 Å². The summed E-state index contributed by atoms with van der Waals surface area (Å²) in [6, 6.07) is 16.2. The summed E-state index contributed by atoms with van der Waals surface area (Å²) in [6.45, 7) is 4.91. The molecular formula is C24H27BrN4O2. The van der Waals surface area contributed by atoms with Gasteiger partial charge in [0.15, 0.2) is 0 Å². The quantitative estimate of drug-likeness (QED) is 0.510. The van der Waals surface area contributed by atoms with Gasteiger partial charge in [-0.3, -0.25) is 9.69 Å². The molecule has 0 aliphatic carbocycles. The minimum Gasteiger partial charge on any atom is -0.341 e. The fraction of sp³-hybridized carbons (Fsp3) is 0.375. The first-order chi connectivity index (χ1) is 15.0. The smallest absolute Gasteiger partial charge is 0.241 e. The van der Waals surface area contributed by atoms with Gasteiger partial charge in [-0.1, -0.05) is 63.0 Å². The number of carbonyl (C=O) groups is 1. The standard InChI is InChI=1S/C24H27BrN4O2/c1-17-8-10-18(11-9-17)14-28(2)24(30)20-6-4-12-29(15-20)16-22-26-23(27-31-22)19-5-3-7-21(25)13-19/h3,5,7-11,13,20H,4,6,12,14-16H2,1-2H3. The summed E-state index contributed by atoms with van der Waals surface area (Å²) in [5, 5.41) is 4.12. The van der Waals surface area contributed by atoms with Crippen LogP contribution in [0.2, 0.25) is 0 Å². The van der Waals surface area contributed by atoms with Gasteiger partial charge in [-0.25, -0.2) is 0 Å². The normalized spacial score (nSPS) is 16.9. The molecule has 3 aromatic rings. The van der Waals surface area contributed by atoms with Crippen molar-refractivity contribution in [2.24, 2.45) is 5.92 Å². The van der Waals surface area contributed by atoms with Gasteiger partial charge in [0.05, 0.1) is 12.5 Å². The van der Waals surface area contributed by atoms with Crippen LogP contribution in [0.5, 0.6) is 0 Å². The molecule has 31 heavy (non-hydrogen) atoms. The van der Waals surface area contributed by atoms with Crippen molar-refractivity contribution in [1.82, 2.24) is 19.9 Å². The summed E-state index contributed by atoms with van der Waals surface area (Å²) >= 11 is 3.47. The Hall–Kier alpha value is -2.51. The first-order valence-corrected chi connectivity index (χ1v) is 11.4. The van der Waals surface area contributed by atoms with E-state index in [2.05, 4.69) is 62.2 Å². The van der Waals surface area contributed by atoms with E-state index >= 15 is 0 Å². The molecule has 0 saturated carbocycles. The molecule has 7 heteroatoms. The Labute approximate surface area is 191 Å². The molecule has 0 N–H and O–H groups in total. The summed E-state index contributed by atoms with van der Waals surface area (Å²) in [5.74, 6) is 1.36. The van der Waals surface area contributed by atoms with Crippen LogP contribution >= 0.6 is 15.9 Å². The van der Waals surface area contributed by atoms with Gasteiger partial charge in [-0.05, 0) is 44.0 Å². The van der Waals surface area contributed by atoms with Crippen LogP contribution in [-0.2, 0) is 17.9 Å². The molecular weight excluding hydrogens is 456 g/mol. The maximum atomic E-state index is 13.0. The van der Waals surface area contributed by atoms with Gasteiger partial charge in [-0.2, -0.15) is 4.98 Å². The lowest BCUT2D eigenvalue weighted by Gasteiger charge is -2.33. The fourth-order valence-corrected chi connectivity index (χ4v) is 4.41. The summed E-state index contributed by atoms with van der Waals surface area (Å²) in [6.07, 6.45) is 1.90. The number of aryl methyl sites for hydroxylation is 1. The zero-order valence-corrected chi connectivity index (χ0v) is 19.5. The Balaban J connectivity index is 1.35. The summed E-state index contributed by atoms with van der Waals surface area (Å²) in [7, 11) is 1.89. The monoisotopic (exact) mass is 482 g/mol. The molecule has 0 radical (unpaired) electrons. The van der Waals surface area contributed by atoms with E-state index in [1.54, 1.807) is 0 Å². The number of hydrogen-bond donors (Lipinski definition) is 0. The largest absolute Gasteiger partial charge is 0.341 e.